The number of azo groups is 1. The van der Waals surface area contributed by atoms with Crippen LogP contribution in [0.15, 0.2) is 71.4 Å². The molecule has 0 spiro atoms. The summed E-state index contributed by atoms with van der Waals surface area (Å²) >= 11 is 0. The van der Waals surface area contributed by atoms with E-state index in [4.69, 9.17) is 14.8 Å². The third-order valence-electron chi connectivity index (χ3n) is 5.66. The first-order valence-electron chi connectivity index (χ1n) is 10.8. The Hall–Kier alpha value is -4.18. The van der Waals surface area contributed by atoms with Gasteiger partial charge in [-0.3, -0.25) is 4.98 Å². The Morgan fingerprint density at radius 1 is 1.06 bits per heavy atom. The van der Waals surface area contributed by atoms with Crippen molar-refractivity contribution in [2.45, 2.75) is 6.54 Å². The second kappa shape index (κ2) is 8.40. The van der Waals surface area contributed by atoms with Gasteiger partial charge in [-0.25, -0.2) is 9.97 Å². The Labute approximate surface area is 189 Å². The average Bonchev–Trinajstić information content (AvgIpc) is 3.49. The number of ether oxygens (including phenoxy) is 1. The Kier molecular flexibility index (Phi) is 4.96. The lowest BCUT2D eigenvalue weighted by molar-refractivity contribution is 0.122. The summed E-state index contributed by atoms with van der Waals surface area (Å²) in [6.45, 7) is 3.35. The van der Waals surface area contributed by atoms with Gasteiger partial charge in [0.05, 0.1) is 25.5 Å². The number of rotatable bonds is 5. The number of aromatic amines is 1. The average molecular weight is 439 g/mol. The van der Waals surface area contributed by atoms with E-state index in [-0.39, 0.29) is 0 Å². The first-order valence-corrected chi connectivity index (χ1v) is 10.8. The predicted molar refractivity (Wildman–Crippen MR) is 124 cm³/mol. The number of H-pyrrole nitrogens is 1. The van der Waals surface area contributed by atoms with E-state index >= 15 is 0 Å². The molecule has 5 aromatic rings. The summed E-state index contributed by atoms with van der Waals surface area (Å²) in [6.07, 6.45) is 7.21. The van der Waals surface area contributed by atoms with Crippen LogP contribution in [0, 0.1) is 0 Å². The number of nitrogens with one attached hydrogen (secondary N) is 1. The Morgan fingerprint density at radius 3 is 2.82 bits per heavy atom. The molecule has 0 bridgehead atoms. The number of hydrogen-bond donors (Lipinski definition) is 1. The largest absolute Gasteiger partial charge is 0.378 e. The molecule has 0 aliphatic carbocycles. The first kappa shape index (κ1) is 19.5. The molecule has 164 valence electrons. The molecule has 0 atom stereocenters. The molecule has 0 radical (unpaired) electrons. The number of pyridine rings is 2. The Bertz CT molecular complexity index is 1430. The van der Waals surface area contributed by atoms with Gasteiger partial charge in [0.1, 0.15) is 11.5 Å². The number of fused-ring (bicyclic) bond motifs is 2. The summed E-state index contributed by atoms with van der Waals surface area (Å²) in [7, 11) is 0. The summed E-state index contributed by atoms with van der Waals surface area (Å²) in [4.78, 5) is 18.5. The van der Waals surface area contributed by atoms with Crippen LogP contribution in [0.3, 0.4) is 0 Å². The lowest BCUT2D eigenvalue weighted by atomic mass is 10.2. The molecule has 1 saturated heterocycles. The molecule has 5 aromatic heterocycles. The minimum atomic E-state index is 0.437. The van der Waals surface area contributed by atoms with E-state index in [0.29, 0.717) is 25.6 Å². The third kappa shape index (κ3) is 3.80. The molecule has 0 unspecified atom stereocenters. The third-order valence-corrected chi connectivity index (χ3v) is 5.66. The predicted octanol–water partition coefficient (Wildman–Crippen LogP) is 3.79. The van der Waals surface area contributed by atoms with Crippen molar-refractivity contribution in [2.75, 3.05) is 31.2 Å². The van der Waals surface area contributed by atoms with Crippen molar-refractivity contribution >= 4 is 28.3 Å². The van der Waals surface area contributed by atoms with Gasteiger partial charge in [0.15, 0.2) is 11.5 Å². The van der Waals surface area contributed by atoms with Crippen LogP contribution in [0.5, 0.6) is 0 Å². The SMILES string of the molecule is c1cnc2[nH]cc(CN=Nc3cc(N4CCOCC4)n4nc(-c5ccncc5)cc4n3)c2c1. The highest BCUT2D eigenvalue weighted by molar-refractivity contribution is 5.79. The van der Waals surface area contributed by atoms with Crippen LogP contribution in [-0.4, -0.2) is 55.9 Å². The molecule has 10 heteroatoms. The quantitative estimate of drug-likeness (QED) is 0.417. The van der Waals surface area contributed by atoms with Crippen LogP contribution in [0.25, 0.3) is 27.9 Å². The highest BCUT2D eigenvalue weighted by atomic mass is 16.5. The zero-order chi connectivity index (χ0) is 22.0. The molecule has 1 aliphatic heterocycles. The van der Waals surface area contributed by atoms with Gasteiger partial charge in [-0.15, -0.1) is 5.11 Å². The summed E-state index contributed by atoms with van der Waals surface area (Å²) in [5, 5.41) is 14.7. The zero-order valence-electron chi connectivity index (χ0n) is 17.8. The zero-order valence-corrected chi connectivity index (χ0v) is 17.8. The summed E-state index contributed by atoms with van der Waals surface area (Å²) < 4.78 is 7.40. The molecule has 1 aliphatic rings. The maximum absolute atomic E-state index is 5.54. The van der Waals surface area contributed by atoms with Crippen LogP contribution in [0.4, 0.5) is 11.6 Å². The van der Waals surface area contributed by atoms with Crippen LogP contribution < -0.4 is 4.90 Å². The van der Waals surface area contributed by atoms with Gasteiger partial charge < -0.3 is 14.6 Å². The number of morpholine rings is 1. The standard InChI is InChI=1S/C23H21N9O/c1-2-18-17(14-26-23(18)25-5-1)15-27-29-20-13-22(31-8-10-33-11-9-31)32-21(28-20)12-19(30-32)16-3-6-24-7-4-16/h1-7,12-14H,8-11,15H2,(H,25,26). The van der Waals surface area contributed by atoms with E-state index in [1.54, 1.807) is 18.6 Å². The molecule has 6 rings (SSSR count). The van der Waals surface area contributed by atoms with Crippen molar-refractivity contribution in [3.63, 3.8) is 0 Å². The number of hydrogen-bond acceptors (Lipinski definition) is 8. The monoisotopic (exact) mass is 439 g/mol. The molecule has 6 heterocycles. The van der Waals surface area contributed by atoms with Crippen molar-refractivity contribution in [1.29, 1.82) is 0 Å². The molecule has 33 heavy (non-hydrogen) atoms. The van der Waals surface area contributed by atoms with Crippen LogP contribution in [-0.2, 0) is 11.3 Å². The van der Waals surface area contributed by atoms with E-state index < -0.39 is 0 Å². The summed E-state index contributed by atoms with van der Waals surface area (Å²) in [5.74, 6) is 1.47. The molecular weight excluding hydrogens is 418 g/mol. The van der Waals surface area contributed by atoms with E-state index in [9.17, 15) is 0 Å². The normalized spacial score (nSPS) is 14.6. The van der Waals surface area contributed by atoms with Crippen LogP contribution in [0.1, 0.15) is 5.56 Å². The lowest BCUT2D eigenvalue weighted by Gasteiger charge is -2.28. The van der Waals surface area contributed by atoms with Crippen molar-refractivity contribution in [1.82, 2.24) is 29.5 Å². The van der Waals surface area contributed by atoms with E-state index in [1.807, 2.05) is 47.1 Å². The Balaban J connectivity index is 1.36. The fourth-order valence-corrected chi connectivity index (χ4v) is 4.01. The maximum Gasteiger partial charge on any atom is 0.179 e. The van der Waals surface area contributed by atoms with Gasteiger partial charge in [0.25, 0.3) is 0 Å². The van der Waals surface area contributed by atoms with E-state index in [2.05, 4.69) is 30.1 Å². The first-order chi connectivity index (χ1) is 16.3. The van der Waals surface area contributed by atoms with Gasteiger partial charge in [0, 0.05) is 66.5 Å². The van der Waals surface area contributed by atoms with Gasteiger partial charge >= 0.3 is 0 Å². The topological polar surface area (TPSA) is 109 Å². The number of anilines is 1. The molecular formula is C23H21N9O. The van der Waals surface area contributed by atoms with Crippen molar-refractivity contribution in [3.05, 3.63) is 66.7 Å². The maximum atomic E-state index is 5.54. The molecule has 0 amide bonds. The number of aromatic nitrogens is 6. The van der Waals surface area contributed by atoms with Gasteiger partial charge in [0.2, 0.25) is 0 Å². The molecule has 1 fully saturated rings. The van der Waals surface area contributed by atoms with Crippen molar-refractivity contribution < 1.29 is 4.74 Å². The lowest BCUT2D eigenvalue weighted by Crippen LogP contribution is -2.37. The van der Waals surface area contributed by atoms with Gasteiger partial charge in [-0.2, -0.15) is 14.7 Å². The highest BCUT2D eigenvalue weighted by Crippen LogP contribution is 2.27. The minimum absolute atomic E-state index is 0.437. The molecule has 0 aromatic carbocycles. The van der Waals surface area contributed by atoms with E-state index in [0.717, 1.165) is 52.4 Å². The van der Waals surface area contributed by atoms with Gasteiger partial charge in [-0.1, -0.05) is 0 Å². The van der Waals surface area contributed by atoms with E-state index in [1.165, 1.54) is 0 Å². The fraction of sp³-hybridized carbons (Fsp3) is 0.217. The number of nitrogens with zero attached hydrogens (tertiary/aromatic N) is 8. The van der Waals surface area contributed by atoms with Crippen molar-refractivity contribution in [2.24, 2.45) is 10.2 Å². The minimum Gasteiger partial charge on any atom is -0.378 e. The highest BCUT2D eigenvalue weighted by Gasteiger charge is 2.18. The second-order valence-corrected chi connectivity index (χ2v) is 7.72. The molecule has 0 saturated carbocycles. The summed E-state index contributed by atoms with van der Waals surface area (Å²) in [5.41, 5.74) is 4.43. The van der Waals surface area contributed by atoms with Crippen LogP contribution >= 0.6 is 0 Å². The second-order valence-electron chi connectivity index (χ2n) is 7.72. The Morgan fingerprint density at radius 2 is 1.94 bits per heavy atom. The molecule has 1 N–H and O–H groups in total. The smallest absolute Gasteiger partial charge is 0.179 e. The van der Waals surface area contributed by atoms with Gasteiger partial charge in [-0.05, 0) is 24.3 Å². The van der Waals surface area contributed by atoms with Crippen molar-refractivity contribution in [3.8, 4) is 11.3 Å². The fourth-order valence-electron chi connectivity index (χ4n) is 4.01. The summed E-state index contributed by atoms with van der Waals surface area (Å²) in [6, 6.07) is 11.7. The van der Waals surface area contributed by atoms with Crippen LogP contribution in [0.2, 0.25) is 0 Å². The molecule has 10 nitrogen and oxygen atoms in total.